The number of hydrogen-bond acceptors (Lipinski definition) is 3. The third-order valence-corrected chi connectivity index (χ3v) is 3.77. The highest BCUT2D eigenvalue weighted by Crippen LogP contribution is 2.25. The van der Waals surface area contributed by atoms with Crippen molar-refractivity contribution in [1.29, 1.82) is 0 Å². The Bertz CT molecular complexity index is 321. The van der Waals surface area contributed by atoms with E-state index in [0.717, 1.165) is 24.1 Å². The normalized spacial score (nSPS) is 12.4. The van der Waals surface area contributed by atoms with Crippen LogP contribution in [0.25, 0.3) is 0 Å². The van der Waals surface area contributed by atoms with Gasteiger partial charge in [0.15, 0.2) is 6.29 Å². The Morgan fingerprint density at radius 2 is 2.25 bits per heavy atom. The fourth-order valence-electron chi connectivity index (χ4n) is 1.71. The second-order valence-electron chi connectivity index (χ2n) is 4.13. The Labute approximate surface area is 102 Å². The molecule has 0 bridgehead atoms. The Morgan fingerprint density at radius 3 is 2.75 bits per heavy atom. The minimum absolute atomic E-state index is 0.542. The van der Waals surface area contributed by atoms with E-state index in [0.29, 0.717) is 6.04 Å². The highest BCUT2D eigenvalue weighted by Gasteiger charge is 2.13. The van der Waals surface area contributed by atoms with E-state index >= 15 is 0 Å². The van der Waals surface area contributed by atoms with Gasteiger partial charge in [-0.2, -0.15) is 0 Å². The van der Waals surface area contributed by atoms with Crippen LogP contribution >= 0.6 is 11.3 Å². The lowest BCUT2D eigenvalue weighted by atomic mass is 10.2. The molecule has 0 N–H and O–H groups in total. The predicted octanol–water partition coefficient (Wildman–Crippen LogP) is 3.97. The molecule has 0 aromatic carbocycles. The quantitative estimate of drug-likeness (QED) is 0.671. The van der Waals surface area contributed by atoms with Crippen LogP contribution in [-0.4, -0.2) is 18.9 Å². The molecule has 0 aliphatic heterocycles. The number of rotatable bonds is 7. The Hall–Kier alpha value is -0.830. The van der Waals surface area contributed by atoms with Crippen molar-refractivity contribution < 1.29 is 4.79 Å². The number of nitrogens with zero attached hydrogens (tertiary/aromatic N) is 1. The van der Waals surface area contributed by atoms with Crippen LogP contribution in [0.15, 0.2) is 11.4 Å². The van der Waals surface area contributed by atoms with Crippen LogP contribution in [0, 0.1) is 0 Å². The van der Waals surface area contributed by atoms with E-state index in [1.165, 1.54) is 29.9 Å². The average Bonchev–Trinajstić information content (AvgIpc) is 2.77. The van der Waals surface area contributed by atoms with Crippen molar-refractivity contribution in [1.82, 2.24) is 0 Å². The van der Waals surface area contributed by atoms with Crippen LogP contribution in [0.4, 0.5) is 5.69 Å². The molecular weight excluding hydrogens is 218 g/mol. The molecule has 1 unspecified atom stereocenters. The molecule has 0 saturated carbocycles. The summed E-state index contributed by atoms with van der Waals surface area (Å²) in [7, 11) is 0. The molecule has 1 atom stereocenters. The van der Waals surface area contributed by atoms with Gasteiger partial charge < -0.3 is 4.90 Å². The van der Waals surface area contributed by atoms with E-state index < -0.39 is 0 Å². The molecule has 0 spiro atoms. The van der Waals surface area contributed by atoms with Gasteiger partial charge in [0.25, 0.3) is 0 Å². The van der Waals surface area contributed by atoms with E-state index in [4.69, 9.17) is 0 Å². The molecule has 0 saturated heterocycles. The minimum Gasteiger partial charge on any atom is -0.368 e. The largest absolute Gasteiger partial charge is 0.368 e. The first kappa shape index (κ1) is 13.2. The average molecular weight is 239 g/mol. The summed E-state index contributed by atoms with van der Waals surface area (Å²) in [6.45, 7) is 7.74. The maximum Gasteiger partial charge on any atom is 0.160 e. The van der Waals surface area contributed by atoms with Gasteiger partial charge in [-0.25, -0.2) is 0 Å². The van der Waals surface area contributed by atoms with Crippen LogP contribution in [0.2, 0.25) is 0 Å². The second-order valence-corrected chi connectivity index (χ2v) is 5.07. The smallest absolute Gasteiger partial charge is 0.160 e. The molecule has 2 nitrogen and oxygen atoms in total. The van der Waals surface area contributed by atoms with Crippen molar-refractivity contribution in [3.05, 3.63) is 16.3 Å². The summed E-state index contributed by atoms with van der Waals surface area (Å²) in [5.74, 6) is 0. The van der Waals surface area contributed by atoms with E-state index in [2.05, 4.69) is 31.1 Å². The maximum absolute atomic E-state index is 10.7. The molecule has 1 heterocycles. The van der Waals surface area contributed by atoms with E-state index in [1.54, 1.807) is 0 Å². The highest BCUT2D eigenvalue weighted by atomic mass is 32.1. The van der Waals surface area contributed by atoms with Gasteiger partial charge in [0.2, 0.25) is 0 Å². The second kappa shape index (κ2) is 6.69. The van der Waals surface area contributed by atoms with Gasteiger partial charge in [-0.15, -0.1) is 11.3 Å². The van der Waals surface area contributed by atoms with Crippen LogP contribution < -0.4 is 4.90 Å². The Kier molecular flexibility index (Phi) is 5.53. The number of aldehydes is 1. The lowest BCUT2D eigenvalue weighted by molar-refractivity contribution is 0.112. The van der Waals surface area contributed by atoms with Gasteiger partial charge in [0.05, 0.1) is 4.88 Å². The Morgan fingerprint density at radius 1 is 1.50 bits per heavy atom. The molecule has 90 valence electrons. The lowest BCUT2D eigenvalue weighted by Gasteiger charge is -2.29. The first-order chi connectivity index (χ1) is 7.72. The number of carbonyl (C=O) groups excluding carboxylic acids is 1. The SMILES string of the molecule is CCCCN(c1csc(C=O)c1)C(C)CC. The van der Waals surface area contributed by atoms with Crippen molar-refractivity contribution in [3.63, 3.8) is 0 Å². The summed E-state index contributed by atoms with van der Waals surface area (Å²) in [5, 5.41) is 2.09. The van der Waals surface area contributed by atoms with E-state index in [9.17, 15) is 4.79 Å². The molecule has 0 amide bonds. The molecule has 0 aliphatic rings. The summed E-state index contributed by atoms with van der Waals surface area (Å²) in [6, 6.07) is 2.54. The maximum atomic E-state index is 10.7. The number of unbranched alkanes of at least 4 members (excludes halogenated alkanes) is 1. The molecule has 1 rings (SSSR count). The van der Waals surface area contributed by atoms with Crippen LogP contribution in [-0.2, 0) is 0 Å². The third-order valence-electron chi connectivity index (χ3n) is 2.93. The summed E-state index contributed by atoms with van der Waals surface area (Å²) in [5.41, 5.74) is 1.20. The zero-order valence-corrected chi connectivity index (χ0v) is 11.2. The molecule has 3 heteroatoms. The highest BCUT2D eigenvalue weighted by molar-refractivity contribution is 7.12. The van der Waals surface area contributed by atoms with Gasteiger partial charge in [-0.3, -0.25) is 4.79 Å². The minimum atomic E-state index is 0.542. The monoisotopic (exact) mass is 239 g/mol. The fourth-order valence-corrected chi connectivity index (χ4v) is 2.41. The van der Waals surface area contributed by atoms with Crippen LogP contribution in [0.5, 0.6) is 0 Å². The Balaban J connectivity index is 2.77. The van der Waals surface area contributed by atoms with Crippen molar-refractivity contribution in [3.8, 4) is 0 Å². The topological polar surface area (TPSA) is 20.3 Å². The number of carbonyl (C=O) groups is 1. The number of anilines is 1. The van der Waals surface area contributed by atoms with Gasteiger partial charge in [0.1, 0.15) is 0 Å². The summed E-state index contributed by atoms with van der Waals surface area (Å²) < 4.78 is 0. The van der Waals surface area contributed by atoms with E-state index in [-0.39, 0.29) is 0 Å². The van der Waals surface area contributed by atoms with E-state index in [1.807, 2.05) is 6.07 Å². The van der Waals surface area contributed by atoms with Gasteiger partial charge in [-0.1, -0.05) is 20.3 Å². The third kappa shape index (κ3) is 3.34. The molecule has 1 aromatic heterocycles. The van der Waals surface area contributed by atoms with Gasteiger partial charge in [0, 0.05) is 23.7 Å². The van der Waals surface area contributed by atoms with Crippen LogP contribution in [0.3, 0.4) is 0 Å². The predicted molar refractivity (Wildman–Crippen MR) is 71.7 cm³/mol. The molecule has 1 aromatic rings. The molecule has 0 fully saturated rings. The van der Waals surface area contributed by atoms with Gasteiger partial charge >= 0.3 is 0 Å². The molecule has 0 aliphatic carbocycles. The zero-order chi connectivity index (χ0) is 12.0. The lowest BCUT2D eigenvalue weighted by Crippen LogP contribution is -2.33. The summed E-state index contributed by atoms with van der Waals surface area (Å²) in [6.07, 6.45) is 4.48. The molecule has 16 heavy (non-hydrogen) atoms. The summed E-state index contributed by atoms with van der Waals surface area (Å²) in [4.78, 5) is 13.9. The van der Waals surface area contributed by atoms with Crippen molar-refractivity contribution in [2.75, 3.05) is 11.4 Å². The number of hydrogen-bond donors (Lipinski definition) is 0. The fraction of sp³-hybridized carbons (Fsp3) is 0.615. The molecule has 0 radical (unpaired) electrons. The standard InChI is InChI=1S/C13H21NOS/c1-4-6-7-14(11(3)5-2)12-8-13(9-15)16-10-12/h8-11H,4-7H2,1-3H3. The van der Waals surface area contributed by atoms with Crippen molar-refractivity contribution in [2.45, 2.75) is 46.1 Å². The summed E-state index contributed by atoms with van der Waals surface area (Å²) >= 11 is 1.53. The number of thiophene rings is 1. The van der Waals surface area contributed by atoms with Crippen LogP contribution in [0.1, 0.15) is 49.7 Å². The first-order valence-corrected chi connectivity index (χ1v) is 6.91. The van der Waals surface area contributed by atoms with Crippen molar-refractivity contribution >= 4 is 23.3 Å². The van der Waals surface area contributed by atoms with Crippen molar-refractivity contribution in [2.24, 2.45) is 0 Å². The van der Waals surface area contributed by atoms with Gasteiger partial charge in [-0.05, 0) is 25.8 Å². The molecular formula is C13H21NOS. The first-order valence-electron chi connectivity index (χ1n) is 6.03. The zero-order valence-electron chi connectivity index (χ0n) is 10.4.